The van der Waals surface area contributed by atoms with Gasteiger partial charge in [-0.2, -0.15) is 0 Å². The first-order chi connectivity index (χ1) is 14.9. The summed E-state index contributed by atoms with van der Waals surface area (Å²) in [6, 6.07) is 5.64. The minimum absolute atomic E-state index is 0.350. The average molecular weight is 443 g/mol. The molecule has 3 amide bonds. The molecule has 9 heteroatoms. The third-order valence-electron chi connectivity index (χ3n) is 5.72. The Morgan fingerprint density at radius 2 is 1.87 bits per heavy atom. The van der Waals surface area contributed by atoms with E-state index in [0.717, 1.165) is 48.2 Å². The Hall–Kier alpha value is -2.55. The molecule has 8 nitrogen and oxygen atoms in total. The van der Waals surface area contributed by atoms with Gasteiger partial charge in [0.25, 0.3) is 0 Å². The molecule has 31 heavy (non-hydrogen) atoms. The molecule has 1 aromatic carbocycles. The Balaban J connectivity index is 1.38. The van der Waals surface area contributed by atoms with Crippen molar-refractivity contribution in [2.75, 3.05) is 23.3 Å². The van der Waals surface area contributed by atoms with Gasteiger partial charge in [-0.1, -0.05) is 29.5 Å². The van der Waals surface area contributed by atoms with Gasteiger partial charge in [-0.3, -0.25) is 14.7 Å². The number of rotatable bonds is 6. The van der Waals surface area contributed by atoms with Crippen molar-refractivity contribution in [1.82, 2.24) is 20.1 Å². The molecule has 1 aliphatic heterocycles. The second-order valence-corrected chi connectivity index (χ2v) is 9.76. The van der Waals surface area contributed by atoms with Gasteiger partial charge >= 0.3 is 6.03 Å². The molecule has 1 aromatic heterocycles. The van der Waals surface area contributed by atoms with Gasteiger partial charge in [0.1, 0.15) is 0 Å². The number of nitrogens with zero attached hydrogens (tertiary/aromatic N) is 4. The number of aromatic nitrogens is 3. The van der Waals surface area contributed by atoms with Crippen molar-refractivity contribution >= 4 is 35.3 Å². The fraction of sp³-hybridized carbons (Fsp3) is 0.545. The number of nitrogens with one attached hydrogen (secondary N) is 2. The maximum Gasteiger partial charge on any atom is 0.325 e. The zero-order valence-corrected chi connectivity index (χ0v) is 19.2. The van der Waals surface area contributed by atoms with E-state index in [-0.39, 0.29) is 5.91 Å². The number of anilines is 2. The number of imide groups is 1. The van der Waals surface area contributed by atoms with Crippen molar-refractivity contribution < 1.29 is 9.59 Å². The molecule has 1 unspecified atom stereocenters. The van der Waals surface area contributed by atoms with Crippen molar-refractivity contribution in [3.63, 3.8) is 0 Å². The van der Waals surface area contributed by atoms with Crippen LogP contribution in [-0.4, -0.2) is 45.0 Å². The average Bonchev–Trinajstić information content (AvgIpc) is 3.50. The van der Waals surface area contributed by atoms with Crippen LogP contribution < -0.4 is 15.5 Å². The first kappa shape index (κ1) is 21.7. The molecule has 0 radical (unpaired) electrons. The summed E-state index contributed by atoms with van der Waals surface area (Å²) in [6.45, 7) is 7.72. The normalized spacial score (nSPS) is 17.3. The highest BCUT2D eigenvalue weighted by atomic mass is 32.2. The van der Waals surface area contributed by atoms with E-state index < -0.39 is 11.3 Å². The largest absolute Gasteiger partial charge is 0.341 e. The number of amides is 3. The number of benzene rings is 1. The van der Waals surface area contributed by atoms with Crippen molar-refractivity contribution in [3.05, 3.63) is 29.3 Å². The minimum atomic E-state index is -0.526. The quantitative estimate of drug-likeness (QED) is 0.656. The third-order valence-corrected chi connectivity index (χ3v) is 6.77. The van der Waals surface area contributed by atoms with Gasteiger partial charge in [0, 0.05) is 24.8 Å². The lowest BCUT2D eigenvalue weighted by Gasteiger charge is -2.28. The number of carbonyl (C=O) groups excluding carboxylic acids is 2. The monoisotopic (exact) mass is 442 g/mol. The zero-order chi connectivity index (χ0) is 22.0. The Kier molecular flexibility index (Phi) is 6.50. The summed E-state index contributed by atoms with van der Waals surface area (Å²) in [4.78, 5) is 27.3. The van der Waals surface area contributed by atoms with Crippen LogP contribution in [0.1, 0.15) is 56.2 Å². The molecule has 1 saturated carbocycles. The molecule has 0 spiro atoms. The highest BCUT2D eigenvalue weighted by molar-refractivity contribution is 8.00. The number of thioether (sulfide) groups is 1. The number of aryl methyl sites for hydroxylation is 2. The predicted octanol–water partition coefficient (Wildman–Crippen LogP) is 4.05. The fourth-order valence-corrected chi connectivity index (χ4v) is 4.76. The van der Waals surface area contributed by atoms with Crippen molar-refractivity contribution in [2.24, 2.45) is 0 Å². The molecule has 1 saturated heterocycles. The number of carbonyl (C=O) groups is 2. The van der Waals surface area contributed by atoms with Gasteiger partial charge in [-0.25, -0.2) is 4.79 Å². The first-order valence-electron chi connectivity index (χ1n) is 11.0. The molecular formula is C22H30N6O2S. The lowest BCUT2D eigenvalue weighted by molar-refractivity contribution is -0.119. The third kappa shape index (κ3) is 5.20. The van der Waals surface area contributed by atoms with E-state index in [1.807, 2.05) is 32.0 Å². The van der Waals surface area contributed by atoms with E-state index in [0.29, 0.717) is 11.7 Å². The van der Waals surface area contributed by atoms with E-state index in [1.165, 1.54) is 31.0 Å². The summed E-state index contributed by atoms with van der Waals surface area (Å²) in [5.74, 6) is 0.571. The molecule has 1 aliphatic carbocycles. The molecular weight excluding hydrogens is 412 g/mol. The SMILES string of the molecule is Cc1ccc(NC(=O)NC(=O)C(C)Sc2nnc(N3CCCCC3)n2C2CC2)c(C)c1. The highest BCUT2D eigenvalue weighted by Gasteiger charge is 2.33. The van der Waals surface area contributed by atoms with E-state index in [2.05, 4.69) is 30.3 Å². The standard InChI is InChI=1S/C22H30N6O2S/c1-14-7-10-18(15(2)13-14)23-20(30)24-19(29)16(3)31-22-26-25-21(28(22)17-8-9-17)27-11-5-4-6-12-27/h7,10,13,16-17H,4-6,8-9,11-12H2,1-3H3,(H2,23,24,29,30). The summed E-state index contributed by atoms with van der Waals surface area (Å²) in [5, 5.41) is 14.3. The number of hydrogen-bond donors (Lipinski definition) is 2. The minimum Gasteiger partial charge on any atom is -0.341 e. The van der Waals surface area contributed by atoms with Crippen molar-refractivity contribution in [2.45, 2.75) is 69.3 Å². The van der Waals surface area contributed by atoms with Crippen LogP contribution in [0.3, 0.4) is 0 Å². The van der Waals surface area contributed by atoms with Gasteiger partial charge in [0.05, 0.1) is 5.25 Å². The molecule has 2 heterocycles. The molecule has 1 atom stereocenters. The van der Waals surface area contributed by atoms with Crippen molar-refractivity contribution in [1.29, 1.82) is 0 Å². The van der Waals surface area contributed by atoms with Gasteiger partial charge in [-0.15, -0.1) is 10.2 Å². The molecule has 0 bridgehead atoms. The maximum atomic E-state index is 12.6. The van der Waals surface area contributed by atoms with Crippen LogP contribution in [0.15, 0.2) is 23.4 Å². The molecule has 2 fully saturated rings. The summed E-state index contributed by atoms with van der Waals surface area (Å²) < 4.78 is 2.19. The number of hydrogen-bond acceptors (Lipinski definition) is 6. The van der Waals surface area contributed by atoms with Crippen LogP contribution in [0.5, 0.6) is 0 Å². The fourth-order valence-electron chi connectivity index (χ4n) is 3.84. The second-order valence-electron chi connectivity index (χ2n) is 8.45. The van der Waals surface area contributed by atoms with E-state index in [1.54, 1.807) is 6.92 Å². The molecule has 166 valence electrons. The van der Waals surface area contributed by atoms with Gasteiger partial charge < -0.3 is 10.2 Å². The predicted molar refractivity (Wildman–Crippen MR) is 123 cm³/mol. The molecule has 2 aromatic rings. The van der Waals surface area contributed by atoms with Crippen LogP contribution in [0.4, 0.5) is 16.4 Å². The Labute approximate surface area is 187 Å². The summed E-state index contributed by atoms with van der Waals surface area (Å²) in [7, 11) is 0. The van der Waals surface area contributed by atoms with E-state index in [9.17, 15) is 9.59 Å². The summed E-state index contributed by atoms with van der Waals surface area (Å²) in [6.07, 6.45) is 5.84. The Morgan fingerprint density at radius 3 is 2.55 bits per heavy atom. The molecule has 2 N–H and O–H groups in total. The second kappa shape index (κ2) is 9.30. The smallest absolute Gasteiger partial charge is 0.325 e. The van der Waals surface area contributed by atoms with E-state index >= 15 is 0 Å². The topological polar surface area (TPSA) is 92.2 Å². The molecule has 4 rings (SSSR count). The number of urea groups is 1. The highest BCUT2D eigenvalue weighted by Crippen LogP contribution is 2.42. The lowest BCUT2D eigenvalue weighted by atomic mass is 10.1. The van der Waals surface area contributed by atoms with Gasteiger partial charge in [0.2, 0.25) is 11.9 Å². The van der Waals surface area contributed by atoms with Crippen LogP contribution in [0, 0.1) is 13.8 Å². The van der Waals surface area contributed by atoms with Crippen LogP contribution in [0.2, 0.25) is 0 Å². The lowest BCUT2D eigenvalue weighted by Crippen LogP contribution is -2.39. The zero-order valence-electron chi connectivity index (χ0n) is 18.4. The maximum absolute atomic E-state index is 12.6. The first-order valence-corrected chi connectivity index (χ1v) is 11.9. The number of piperidine rings is 1. The summed E-state index contributed by atoms with van der Waals surface area (Å²) in [5.41, 5.74) is 2.76. The summed E-state index contributed by atoms with van der Waals surface area (Å²) >= 11 is 1.36. The Bertz CT molecular complexity index is 965. The van der Waals surface area contributed by atoms with Crippen LogP contribution >= 0.6 is 11.8 Å². The van der Waals surface area contributed by atoms with Gasteiger partial charge in [-0.05, 0) is 64.5 Å². The van der Waals surface area contributed by atoms with Crippen molar-refractivity contribution in [3.8, 4) is 0 Å². The van der Waals surface area contributed by atoms with Gasteiger partial charge in [0.15, 0.2) is 5.16 Å². The molecule has 2 aliphatic rings. The van der Waals surface area contributed by atoms with Crippen LogP contribution in [-0.2, 0) is 4.79 Å². The van der Waals surface area contributed by atoms with Crippen LogP contribution in [0.25, 0.3) is 0 Å². The Morgan fingerprint density at radius 1 is 1.13 bits per heavy atom. The van der Waals surface area contributed by atoms with E-state index in [4.69, 9.17) is 0 Å².